The van der Waals surface area contributed by atoms with Crippen LogP contribution in [0.1, 0.15) is 34.1 Å². The SMILES string of the molecule is CC(=O)CC(NC(=O)OC(C)(C)C)[SH](=O)=O. The van der Waals surface area contributed by atoms with E-state index in [1.807, 2.05) is 0 Å². The zero-order chi connectivity index (χ0) is 12.9. The molecule has 94 valence electrons. The number of ether oxygens (including phenoxy) is 1. The van der Waals surface area contributed by atoms with Gasteiger partial charge in [0, 0.05) is 6.42 Å². The number of alkyl carbamates (subject to hydrolysis) is 1. The van der Waals surface area contributed by atoms with E-state index in [2.05, 4.69) is 5.32 Å². The summed E-state index contributed by atoms with van der Waals surface area (Å²) in [6.07, 6.45) is -1.10. The molecule has 0 bridgehead atoms. The van der Waals surface area contributed by atoms with Crippen LogP contribution in [0, 0.1) is 0 Å². The summed E-state index contributed by atoms with van der Waals surface area (Å²) in [7, 11) is -2.90. The van der Waals surface area contributed by atoms with Gasteiger partial charge in [-0.2, -0.15) is 0 Å². The highest BCUT2D eigenvalue weighted by molar-refractivity contribution is 7.73. The van der Waals surface area contributed by atoms with Crippen LogP contribution in [0.25, 0.3) is 0 Å². The van der Waals surface area contributed by atoms with E-state index in [9.17, 15) is 18.0 Å². The highest BCUT2D eigenvalue weighted by atomic mass is 32.2. The molecule has 0 aliphatic rings. The first-order chi connectivity index (χ1) is 7.11. The number of carbonyl (C=O) groups excluding carboxylic acids is 2. The Balaban J connectivity index is 4.41. The van der Waals surface area contributed by atoms with Crippen molar-refractivity contribution in [2.45, 2.75) is 45.1 Å². The largest absolute Gasteiger partial charge is 0.444 e. The number of carbonyl (C=O) groups is 2. The molecule has 0 aliphatic heterocycles. The van der Waals surface area contributed by atoms with Crippen LogP contribution in [0.4, 0.5) is 4.79 Å². The molecule has 0 aromatic rings. The normalized spacial score (nSPS) is 13.3. The number of amides is 1. The number of nitrogens with one attached hydrogen (secondary N) is 1. The Labute approximate surface area is 96.3 Å². The van der Waals surface area contributed by atoms with Crippen molar-refractivity contribution < 1.29 is 22.7 Å². The molecule has 1 N–H and O–H groups in total. The monoisotopic (exact) mass is 251 g/mol. The summed E-state index contributed by atoms with van der Waals surface area (Å²) < 4.78 is 26.4. The summed E-state index contributed by atoms with van der Waals surface area (Å²) in [5.41, 5.74) is -0.709. The summed E-state index contributed by atoms with van der Waals surface area (Å²) in [6, 6.07) is 0. The number of hydrogen-bond acceptors (Lipinski definition) is 5. The van der Waals surface area contributed by atoms with Crippen molar-refractivity contribution in [1.82, 2.24) is 5.32 Å². The van der Waals surface area contributed by atoms with E-state index in [-0.39, 0.29) is 12.2 Å². The van der Waals surface area contributed by atoms with E-state index in [0.29, 0.717) is 0 Å². The first kappa shape index (κ1) is 14.9. The predicted octanol–water partition coefficient (Wildman–Crippen LogP) is 0.428. The second kappa shape index (κ2) is 5.83. The summed E-state index contributed by atoms with van der Waals surface area (Å²) in [6.45, 7) is 6.22. The fourth-order valence-electron chi connectivity index (χ4n) is 0.894. The summed E-state index contributed by atoms with van der Waals surface area (Å²) >= 11 is 0. The lowest BCUT2D eigenvalue weighted by atomic mass is 10.2. The van der Waals surface area contributed by atoms with Crippen molar-refractivity contribution in [2.24, 2.45) is 0 Å². The van der Waals surface area contributed by atoms with Crippen LogP contribution in [0.5, 0.6) is 0 Å². The highest BCUT2D eigenvalue weighted by Crippen LogP contribution is 2.07. The first-order valence-corrected chi connectivity index (χ1v) is 5.99. The quantitative estimate of drug-likeness (QED) is 0.707. The molecule has 0 spiro atoms. The molecule has 0 saturated heterocycles. The molecule has 1 unspecified atom stereocenters. The Morgan fingerprint density at radius 1 is 1.31 bits per heavy atom. The average Bonchev–Trinajstić information content (AvgIpc) is 1.97. The van der Waals surface area contributed by atoms with Crippen LogP contribution < -0.4 is 5.32 Å². The van der Waals surface area contributed by atoms with Gasteiger partial charge in [-0.05, 0) is 27.7 Å². The van der Waals surface area contributed by atoms with Gasteiger partial charge in [-0.15, -0.1) is 0 Å². The van der Waals surface area contributed by atoms with Gasteiger partial charge in [0.2, 0.25) is 0 Å². The Kier molecular flexibility index (Phi) is 5.43. The minimum absolute atomic E-state index is 0.252. The molecule has 1 amide bonds. The maximum Gasteiger partial charge on any atom is 0.408 e. The molecule has 0 aromatic heterocycles. The van der Waals surface area contributed by atoms with Gasteiger partial charge < -0.3 is 10.1 Å². The third-order valence-electron chi connectivity index (χ3n) is 1.42. The lowest BCUT2D eigenvalue weighted by molar-refractivity contribution is -0.117. The van der Waals surface area contributed by atoms with Crippen LogP contribution in [-0.4, -0.2) is 31.3 Å². The standard InChI is InChI=1S/C9H17NO5S/c1-6(11)5-7(16(13)14)10-8(12)15-9(2,3)4/h7,16H,5H2,1-4H3,(H,10,12). The summed E-state index contributed by atoms with van der Waals surface area (Å²) in [5, 5.41) is 0.920. The molecule has 16 heavy (non-hydrogen) atoms. The molecule has 6 nitrogen and oxygen atoms in total. The molecular weight excluding hydrogens is 234 g/mol. The van der Waals surface area contributed by atoms with Crippen LogP contribution >= 0.6 is 0 Å². The Morgan fingerprint density at radius 2 is 1.81 bits per heavy atom. The number of Topliss-reactive ketones (excluding diaryl/α,β-unsaturated/α-hetero) is 1. The molecule has 0 radical (unpaired) electrons. The molecule has 0 saturated carbocycles. The topological polar surface area (TPSA) is 89.5 Å². The minimum atomic E-state index is -2.90. The third kappa shape index (κ3) is 7.22. The zero-order valence-electron chi connectivity index (χ0n) is 9.77. The average molecular weight is 251 g/mol. The number of ketones is 1. The van der Waals surface area contributed by atoms with Crippen LogP contribution in [0.2, 0.25) is 0 Å². The Morgan fingerprint density at radius 3 is 2.12 bits per heavy atom. The molecular formula is C9H17NO5S. The smallest absolute Gasteiger partial charge is 0.408 e. The van der Waals surface area contributed by atoms with Crippen molar-refractivity contribution in [1.29, 1.82) is 0 Å². The van der Waals surface area contributed by atoms with Crippen LogP contribution in [-0.2, 0) is 20.2 Å². The van der Waals surface area contributed by atoms with E-state index < -0.39 is 27.8 Å². The molecule has 0 aliphatic carbocycles. The maximum absolute atomic E-state index is 11.2. The fourth-order valence-corrected chi connectivity index (χ4v) is 1.51. The number of thiol groups is 1. The van der Waals surface area contributed by atoms with Gasteiger partial charge in [0.15, 0.2) is 10.7 Å². The molecule has 0 fully saturated rings. The third-order valence-corrected chi connectivity index (χ3v) is 2.24. The van der Waals surface area contributed by atoms with Gasteiger partial charge in [-0.3, -0.25) is 4.79 Å². The van der Waals surface area contributed by atoms with Gasteiger partial charge in [-0.1, -0.05) is 0 Å². The second-order valence-corrected chi connectivity index (χ2v) is 5.55. The lowest BCUT2D eigenvalue weighted by Gasteiger charge is -2.21. The van der Waals surface area contributed by atoms with Crippen LogP contribution in [0.3, 0.4) is 0 Å². The van der Waals surface area contributed by atoms with Crippen molar-refractivity contribution in [3.63, 3.8) is 0 Å². The van der Waals surface area contributed by atoms with E-state index in [1.165, 1.54) is 6.92 Å². The predicted molar refractivity (Wildman–Crippen MR) is 58.8 cm³/mol. The van der Waals surface area contributed by atoms with Crippen molar-refractivity contribution in [3.05, 3.63) is 0 Å². The number of rotatable bonds is 4. The molecule has 7 heteroatoms. The van der Waals surface area contributed by atoms with Crippen molar-refractivity contribution in [2.75, 3.05) is 0 Å². The minimum Gasteiger partial charge on any atom is -0.444 e. The molecule has 0 rings (SSSR count). The van der Waals surface area contributed by atoms with E-state index in [4.69, 9.17) is 4.74 Å². The Hall–Kier alpha value is -1.11. The van der Waals surface area contributed by atoms with Gasteiger partial charge in [-0.25, -0.2) is 13.2 Å². The van der Waals surface area contributed by atoms with Gasteiger partial charge in [0.05, 0.1) is 0 Å². The number of hydrogen-bond donors (Lipinski definition) is 2. The highest BCUT2D eigenvalue weighted by Gasteiger charge is 2.21. The van der Waals surface area contributed by atoms with Gasteiger partial charge in [0.25, 0.3) is 0 Å². The van der Waals surface area contributed by atoms with Gasteiger partial charge in [0.1, 0.15) is 16.8 Å². The summed E-state index contributed by atoms with van der Waals surface area (Å²) in [5.74, 6) is -0.319. The first-order valence-electron chi connectivity index (χ1n) is 4.74. The van der Waals surface area contributed by atoms with Crippen molar-refractivity contribution >= 4 is 22.6 Å². The van der Waals surface area contributed by atoms with E-state index in [1.54, 1.807) is 20.8 Å². The van der Waals surface area contributed by atoms with Crippen molar-refractivity contribution in [3.8, 4) is 0 Å². The molecule has 0 aromatic carbocycles. The van der Waals surface area contributed by atoms with E-state index in [0.717, 1.165) is 0 Å². The zero-order valence-corrected chi connectivity index (χ0v) is 10.7. The molecule has 1 atom stereocenters. The van der Waals surface area contributed by atoms with E-state index >= 15 is 0 Å². The summed E-state index contributed by atoms with van der Waals surface area (Å²) in [4.78, 5) is 22.0. The maximum atomic E-state index is 11.2. The van der Waals surface area contributed by atoms with Gasteiger partial charge >= 0.3 is 6.09 Å². The Bertz CT molecular complexity index is 334. The lowest BCUT2D eigenvalue weighted by Crippen LogP contribution is -2.40. The molecule has 0 heterocycles. The van der Waals surface area contributed by atoms with Crippen LogP contribution in [0.15, 0.2) is 0 Å². The second-order valence-electron chi connectivity index (χ2n) is 4.35. The fraction of sp³-hybridized carbons (Fsp3) is 0.778.